The fourth-order valence-electron chi connectivity index (χ4n) is 1.84. The van der Waals surface area contributed by atoms with Gasteiger partial charge in [-0.2, -0.15) is 0 Å². The van der Waals surface area contributed by atoms with E-state index < -0.39 is 0 Å². The smallest absolute Gasteiger partial charge is 0.0526 e. The molecule has 15 heavy (non-hydrogen) atoms. The average molecular weight is 212 g/mol. The normalized spacial score (nSPS) is 10.3. The summed E-state index contributed by atoms with van der Waals surface area (Å²) in [5.74, 6) is 0. The van der Waals surface area contributed by atoms with Crippen molar-refractivity contribution in [3.63, 3.8) is 0 Å². The van der Waals surface area contributed by atoms with Gasteiger partial charge in [0.05, 0.1) is 9.13 Å². The summed E-state index contributed by atoms with van der Waals surface area (Å²) < 4.78 is 0. The molecule has 0 unspecified atom stereocenters. The second kappa shape index (κ2) is 3.99. The Morgan fingerprint density at radius 1 is 1.00 bits per heavy atom. The molecule has 0 aromatic heterocycles. The lowest BCUT2D eigenvalue weighted by molar-refractivity contribution is 1.14. The molecule has 0 amide bonds. The van der Waals surface area contributed by atoms with Gasteiger partial charge in [-0.25, -0.2) is 0 Å². The lowest BCUT2D eigenvalue weighted by atomic mass is 10.1. The van der Waals surface area contributed by atoms with Crippen molar-refractivity contribution in [1.82, 2.24) is 0 Å². The molecule has 2 heteroatoms. The standard InChI is InChI=1S/C13H14NSi/c1-14(2)12-8-4-7-11-10(12)6-5-9-13(11)15-3/h4-9H,3H2,1-2H3. The van der Waals surface area contributed by atoms with Gasteiger partial charge in [0.1, 0.15) is 0 Å². The van der Waals surface area contributed by atoms with Crippen LogP contribution in [0.5, 0.6) is 0 Å². The summed E-state index contributed by atoms with van der Waals surface area (Å²) in [7, 11) is 4.76. The molecule has 0 N–H and O–H groups in total. The molecule has 0 fully saturated rings. The highest BCUT2D eigenvalue weighted by Gasteiger charge is 2.03. The summed E-state index contributed by atoms with van der Waals surface area (Å²) in [6.45, 7) is 0. The maximum atomic E-state index is 3.99. The van der Waals surface area contributed by atoms with E-state index in [9.17, 15) is 0 Å². The molecule has 2 aromatic carbocycles. The van der Waals surface area contributed by atoms with Crippen LogP contribution in [0, 0.1) is 0 Å². The number of benzene rings is 2. The molecule has 0 saturated heterocycles. The summed E-state index contributed by atoms with van der Waals surface area (Å²) in [6, 6.07) is 12.9. The van der Waals surface area contributed by atoms with Crippen LogP contribution >= 0.6 is 0 Å². The second-order valence-electron chi connectivity index (χ2n) is 3.75. The van der Waals surface area contributed by atoms with E-state index in [4.69, 9.17) is 0 Å². The molecule has 1 radical (unpaired) electrons. The third-order valence-corrected chi connectivity index (χ3v) is 3.39. The van der Waals surface area contributed by atoms with Crippen molar-refractivity contribution in [2.45, 2.75) is 0 Å². The minimum Gasteiger partial charge on any atom is -0.377 e. The largest absolute Gasteiger partial charge is 0.377 e. The zero-order chi connectivity index (χ0) is 10.8. The molecule has 0 saturated carbocycles. The summed E-state index contributed by atoms with van der Waals surface area (Å²) in [5.41, 5.74) is 1.27. The number of hydrogen-bond acceptors (Lipinski definition) is 1. The Morgan fingerprint density at radius 2 is 1.67 bits per heavy atom. The summed E-state index contributed by atoms with van der Waals surface area (Å²) in [6.07, 6.45) is 3.99. The molecule has 2 rings (SSSR count). The van der Waals surface area contributed by atoms with E-state index in [-0.39, 0.29) is 0 Å². The van der Waals surface area contributed by atoms with Gasteiger partial charge in [0.25, 0.3) is 0 Å². The summed E-state index contributed by atoms with van der Waals surface area (Å²) >= 11 is 0. The third-order valence-electron chi connectivity index (χ3n) is 2.57. The number of fused-ring (bicyclic) bond motifs is 1. The van der Waals surface area contributed by atoms with Gasteiger partial charge in [0, 0.05) is 25.2 Å². The van der Waals surface area contributed by atoms with Gasteiger partial charge >= 0.3 is 0 Å². The molecule has 0 aliphatic carbocycles. The summed E-state index contributed by atoms with van der Waals surface area (Å²) in [5, 5.41) is 3.99. The Labute approximate surface area is 92.8 Å². The van der Waals surface area contributed by atoms with Crippen molar-refractivity contribution in [2.75, 3.05) is 19.0 Å². The number of nitrogens with zero attached hydrogens (tertiary/aromatic N) is 1. The van der Waals surface area contributed by atoms with E-state index in [0.717, 1.165) is 0 Å². The maximum absolute atomic E-state index is 3.99. The molecule has 0 spiro atoms. The van der Waals surface area contributed by atoms with Gasteiger partial charge in [-0.05, 0) is 16.6 Å². The van der Waals surface area contributed by atoms with E-state index in [1.165, 1.54) is 21.6 Å². The van der Waals surface area contributed by atoms with E-state index in [1.807, 2.05) is 0 Å². The molecule has 1 nitrogen and oxygen atoms in total. The van der Waals surface area contributed by atoms with Crippen LogP contribution in [-0.4, -0.2) is 29.4 Å². The van der Waals surface area contributed by atoms with E-state index in [2.05, 4.69) is 61.6 Å². The highest BCUT2D eigenvalue weighted by atomic mass is 28.2. The zero-order valence-corrected chi connectivity index (χ0v) is 10.1. The summed E-state index contributed by atoms with van der Waals surface area (Å²) in [4.78, 5) is 2.15. The van der Waals surface area contributed by atoms with Crippen LogP contribution in [0.2, 0.25) is 0 Å². The Balaban J connectivity index is 2.82. The van der Waals surface area contributed by atoms with Gasteiger partial charge in [-0.15, -0.1) is 6.17 Å². The number of anilines is 1. The third kappa shape index (κ3) is 1.73. The SMILES string of the molecule is C=[Si]c1cccc2c(N(C)C)cccc12. The van der Waals surface area contributed by atoms with Crippen molar-refractivity contribution in [3.8, 4) is 0 Å². The maximum Gasteiger partial charge on any atom is 0.0526 e. The van der Waals surface area contributed by atoms with Crippen LogP contribution in [0.15, 0.2) is 36.4 Å². The van der Waals surface area contributed by atoms with Gasteiger partial charge in [-0.1, -0.05) is 30.3 Å². The monoisotopic (exact) mass is 212 g/mol. The minimum atomic E-state index is 0.605. The van der Waals surface area contributed by atoms with Crippen LogP contribution in [0.25, 0.3) is 10.8 Å². The van der Waals surface area contributed by atoms with Crippen molar-refractivity contribution < 1.29 is 0 Å². The molecule has 0 aliphatic heterocycles. The van der Waals surface area contributed by atoms with Gasteiger partial charge in [0.2, 0.25) is 0 Å². The second-order valence-corrected chi connectivity index (χ2v) is 4.64. The molecule has 0 heterocycles. The molecule has 0 atom stereocenters. The fourth-order valence-corrected chi connectivity index (χ4v) is 2.46. The Morgan fingerprint density at radius 3 is 2.33 bits per heavy atom. The lowest BCUT2D eigenvalue weighted by Crippen LogP contribution is -2.12. The first-order valence-electron chi connectivity index (χ1n) is 4.96. The molecular formula is C13H14NSi. The van der Waals surface area contributed by atoms with Crippen LogP contribution in [0.3, 0.4) is 0 Å². The van der Waals surface area contributed by atoms with Crippen molar-refractivity contribution in [1.29, 1.82) is 0 Å². The molecule has 2 aromatic rings. The molecule has 75 valence electrons. The Kier molecular flexibility index (Phi) is 2.69. The van der Waals surface area contributed by atoms with Crippen molar-refractivity contribution >= 4 is 37.0 Å². The Hall–Kier alpha value is -1.41. The van der Waals surface area contributed by atoms with E-state index >= 15 is 0 Å². The lowest BCUT2D eigenvalue weighted by Gasteiger charge is -2.16. The van der Waals surface area contributed by atoms with Crippen LogP contribution in [0.4, 0.5) is 5.69 Å². The highest BCUT2D eigenvalue weighted by Crippen LogP contribution is 2.23. The van der Waals surface area contributed by atoms with Crippen LogP contribution in [-0.2, 0) is 0 Å². The van der Waals surface area contributed by atoms with Gasteiger partial charge in [-0.3, -0.25) is 0 Å². The van der Waals surface area contributed by atoms with Crippen LogP contribution < -0.4 is 10.1 Å². The minimum absolute atomic E-state index is 0.605. The van der Waals surface area contributed by atoms with Crippen LogP contribution in [0.1, 0.15) is 0 Å². The average Bonchev–Trinajstić information content (AvgIpc) is 2.27. The molecule has 0 bridgehead atoms. The first kappa shape index (κ1) is 10.1. The first-order valence-corrected chi connectivity index (χ1v) is 6.17. The number of rotatable bonds is 2. The van der Waals surface area contributed by atoms with Gasteiger partial charge < -0.3 is 4.90 Å². The Bertz CT molecular complexity index is 503. The van der Waals surface area contributed by atoms with Gasteiger partial charge in [0.15, 0.2) is 0 Å². The van der Waals surface area contributed by atoms with Crippen molar-refractivity contribution in [3.05, 3.63) is 36.4 Å². The molecular weight excluding hydrogens is 198 g/mol. The molecule has 0 aliphatic rings. The first-order chi connectivity index (χ1) is 7.24. The predicted octanol–water partition coefficient (Wildman–Crippen LogP) is 1.67. The highest BCUT2D eigenvalue weighted by molar-refractivity contribution is 6.59. The zero-order valence-electron chi connectivity index (χ0n) is 9.12. The quantitative estimate of drug-likeness (QED) is 0.685. The van der Waals surface area contributed by atoms with E-state index in [1.54, 1.807) is 0 Å². The van der Waals surface area contributed by atoms with E-state index in [0.29, 0.717) is 9.13 Å². The fraction of sp³-hybridized carbons (Fsp3) is 0.154. The van der Waals surface area contributed by atoms with Crippen molar-refractivity contribution in [2.24, 2.45) is 0 Å². The number of hydrogen-bond donors (Lipinski definition) is 0. The predicted molar refractivity (Wildman–Crippen MR) is 70.8 cm³/mol. The topological polar surface area (TPSA) is 3.24 Å².